The fourth-order valence-electron chi connectivity index (χ4n) is 12.9. The van der Waals surface area contributed by atoms with Crippen LogP contribution in [0, 0.1) is 13.8 Å². The number of para-hydroxylation sites is 4. The lowest BCUT2D eigenvalue weighted by Gasteiger charge is -2.33. The fraction of sp³-hybridized carbons (Fsp3) is 0.212. The molecule has 0 aliphatic heterocycles. The van der Waals surface area contributed by atoms with Gasteiger partial charge in [-0.3, -0.25) is 0 Å². The standard InChI is InChI=1S/C66H56N2O2/c1-41-27-31-45(32-28-41)67(57-23-13-21-51-47-19-9-11-25-61(47)69-65(51)57)59-39-55(43-15-5-3-6-16-43)49-36-38-54-60(40-56(44-17-7-4-8-18-44)50-35-37-53(59)63(49)64(50)54)68(46-33-29-42(2)30-34-46)58-24-14-22-52-48-20-10-12-26-62(48)70-66(52)58/h9-14,19-40,43-44H,3-8,15-18H2,1-2H3. The summed E-state index contributed by atoms with van der Waals surface area (Å²) < 4.78 is 13.8. The topological polar surface area (TPSA) is 32.8 Å². The Labute approximate surface area is 409 Å². The van der Waals surface area contributed by atoms with Crippen molar-refractivity contribution in [2.75, 3.05) is 9.80 Å². The lowest BCUT2D eigenvalue weighted by atomic mass is 9.77. The van der Waals surface area contributed by atoms with Crippen LogP contribution in [0.5, 0.6) is 0 Å². The number of nitrogens with zero attached hydrogens (tertiary/aromatic N) is 2. The van der Waals surface area contributed by atoms with E-state index >= 15 is 0 Å². The quantitative estimate of drug-likeness (QED) is 0.142. The minimum atomic E-state index is 0.464. The number of hydrogen-bond donors (Lipinski definition) is 0. The summed E-state index contributed by atoms with van der Waals surface area (Å²) in [4.78, 5) is 5.04. The van der Waals surface area contributed by atoms with Crippen molar-refractivity contribution in [3.05, 3.63) is 192 Å². The molecule has 70 heavy (non-hydrogen) atoms. The summed E-state index contributed by atoms with van der Waals surface area (Å²) in [6, 6.07) is 63.7. The van der Waals surface area contributed by atoms with Crippen LogP contribution in [-0.4, -0.2) is 0 Å². The maximum atomic E-state index is 6.91. The van der Waals surface area contributed by atoms with Gasteiger partial charge in [0.25, 0.3) is 0 Å². The molecule has 0 unspecified atom stereocenters. The van der Waals surface area contributed by atoms with Gasteiger partial charge in [0.15, 0.2) is 11.2 Å². The summed E-state index contributed by atoms with van der Waals surface area (Å²) >= 11 is 0. The average molecular weight is 909 g/mol. The summed E-state index contributed by atoms with van der Waals surface area (Å²) in [5.74, 6) is 0.928. The van der Waals surface area contributed by atoms with Gasteiger partial charge in [-0.2, -0.15) is 0 Å². The third kappa shape index (κ3) is 6.56. The molecule has 14 rings (SSSR count). The van der Waals surface area contributed by atoms with E-state index in [0.29, 0.717) is 11.8 Å². The molecule has 0 amide bonds. The number of aryl methyl sites for hydroxylation is 2. The van der Waals surface area contributed by atoms with Gasteiger partial charge in [0.05, 0.1) is 22.7 Å². The first-order valence-corrected chi connectivity index (χ1v) is 25.9. The first-order valence-electron chi connectivity index (χ1n) is 25.9. The lowest BCUT2D eigenvalue weighted by molar-refractivity contribution is 0.445. The number of fused-ring (bicyclic) bond motifs is 6. The zero-order valence-corrected chi connectivity index (χ0v) is 40.1. The molecule has 0 spiro atoms. The zero-order chi connectivity index (χ0) is 46.5. The number of hydrogen-bond acceptors (Lipinski definition) is 4. The highest BCUT2D eigenvalue weighted by molar-refractivity contribution is 6.30. The molecular formula is C66H56N2O2. The van der Waals surface area contributed by atoms with E-state index in [2.05, 4.69) is 194 Å². The Kier molecular flexibility index (Phi) is 9.79. The largest absolute Gasteiger partial charge is 0.454 e. The van der Waals surface area contributed by atoms with Crippen molar-refractivity contribution in [1.82, 2.24) is 0 Å². The van der Waals surface area contributed by atoms with Crippen molar-refractivity contribution >= 4 is 110 Å². The first-order chi connectivity index (χ1) is 34.6. The number of rotatable bonds is 8. The molecule has 12 aromatic rings. The van der Waals surface area contributed by atoms with Crippen LogP contribution in [0.4, 0.5) is 34.1 Å². The molecule has 4 nitrogen and oxygen atoms in total. The molecule has 2 fully saturated rings. The second-order valence-corrected chi connectivity index (χ2v) is 20.6. The highest BCUT2D eigenvalue weighted by Gasteiger charge is 2.31. The summed E-state index contributed by atoms with van der Waals surface area (Å²) in [6.45, 7) is 4.36. The van der Waals surface area contributed by atoms with Crippen molar-refractivity contribution in [2.45, 2.75) is 89.9 Å². The molecule has 0 atom stereocenters. The van der Waals surface area contributed by atoms with E-state index < -0.39 is 0 Å². The van der Waals surface area contributed by atoms with Gasteiger partial charge in [-0.15, -0.1) is 0 Å². The van der Waals surface area contributed by atoms with Gasteiger partial charge in [-0.1, -0.05) is 159 Å². The van der Waals surface area contributed by atoms with Gasteiger partial charge in [0, 0.05) is 43.7 Å². The van der Waals surface area contributed by atoms with Crippen LogP contribution in [0.2, 0.25) is 0 Å². The van der Waals surface area contributed by atoms with Crippen LogP contribution in [0.25, 0.3) is 76.2 Å². The number of furan rings is 2. The molecule has 2 saturated carbocycles. The van der Waals surface area contributed by atoms with E-state index in [-0.39, 0.29) is 0 Å². The van der Waals surface area contributed by atoms with Crippen molar-refractivity contribution in [2.24, 2.45) is 0 Å². The van der Waals surface area contributed by atoms with Crippen LogP contribution < -0.4 is 9.80 Å². The molecule has 4 heteroatoms. The molecule has 10 aromatic carbocycles. The molecule has 2 heterocycles. The summed E-state index contributed by atoms with van der Waals surface area (Å²) in [5.41, 5.74) is 15.8. The van der Waals surface area contributed by atoms with Gasteiger partial charge in [0.1, 0.15) is 11.2 Å². The third-order valence-electron chi connectivity index (χ3n) is 16.3. The molecule has 0 N–H and O–H groups in total. The highest BCUT2D eigenvalue weighted by Crippen LogP contribution is 2.54. The SMILES string of the molecule is Cc1ccc(N(c2cc(C3CCCCC3)c3ccc4c(N(c5ccc(C)cc5)c5cccc6c5oc5ccccc56)cc(C5CCCCC5)c5ccc2c3c54)c2cccc3c2oc2ccccc23)cc1. The molecular weight excluding hydrogens is 853 g/mol. The molecule has 0 bridgehead atoms. The van der Waals surface area contributed by atoms with Crippen LogP contribution in [0.1, 0.15) is 98.3 Å². The van der Waals surface area contributed by atoms with E-state index in [0.717, 1.165) is 66.6 Å². The van der Waals surface area contributed by atoms with Crippen molar-refractivity contribution in [1.29, 1.82) is 0 Å². The second-order valence-electron chi connectivity index (χ2n) is 20.6. The Morgan fingerprint density at radius 1 is 0.343 bits per heavy atom. The van der Waals surface area contributed by atoms with Crippen molar-refractivity contribution < 1.29 is 8.83 Å². The molecule has 2 aliphatic carbocycles. The molecule has 0 radical (unpaired) electrons. The Morgan fingerprint density at radius 2 is 0.729 bits per heavy atom. The monoisotopic (exact) mass is 908 g/mol. The van der Waals surface area contributed by atoms with Crippen molar-refractivity contribution in [3.8, 4) is 0 Å². The Hall–Kier alpha value is -7.56. The summed E-state index contributed by atoms with van der Waals surface area (Å²) in [7, 11) is 0. The number of anilines is 6. The van der Waals surface area contributed by atoms with E-state index in [1.807, 2.05) is 0 Å². The van der Waals surface area contributed by atoms with Gasteiger partial charge in [-0.25, -0.2) is 0 Å². The molecule has 2 aliphatic rings. The Balaban J connectivity index is 1.12. The van der Waals surface area contributed by atoms with Crippen molar-refractivity contribution in [3.63, 3.8) is 0 Å². The van der Waals surface area contributed by atoms with Crippen LogP contribution >= 0.6 is 0 Å². The normalized spacial score (nSPS) is 15.2. The predicted octanol–water partition coefficient (Wildman–Crippen LogP) is 20.0. The lowest BCUT2D eigenvalue weighted by Crippen LogP contribution is -2.14. The second kappa shape index (κ2) is 16.6. The number of benzene rings is 10. The van der Waals surface area contributed by atoms with Gasteiger partial charge < -0.3 is 18.6 Å². The Morgan fingerprint density at radius 3 is 1.16 bits per heavy atom. The van der Waals surface area contributed by atoms with Crippen LogP contribution in [0.3, 0.4) is 0 Å². The molecule has 342 valence electrons. The third-order valence-corrected chi connectivity index (χ3v) is 16.3. The van der Waals surface area contributed by atoms with E-state index in [9.17, 15) is 0 Å². The van der Waals surface area contributed by atoms with E-state index in [4.69, 9.17) is 8.83 Å². The maximum absolute atomic E-state index is 6.91. The fourth-order valence-corrected chi connectivity index (χ4v) is 12.9. The van der Waals surface area contributed by atoms with E-state index in [1.165, 1.54) is 130 Å². The van der Waals surface area contributed by atoms with E-state index in [1.54, 1.807) is 0 Å². The Bertz CT molecular complexity index is 3680. The molecule has 2 aromatic heterocycles. The smallest absolute Gasteiger partial charge is 0.159 e. The highest BCUT2D eigenvalue weighted by atomic mass is 16.3. The average Bonchev–Trinajstić information content (AvgIpc) is 4.00. The minimum absolute atomic E-state index is 0.464. The van der Waals surface area contributed by atoms with Gasteiger partial charge in [0.2, 0.25) is 0 Å². The van der Waals surface area contributed by atoms with Crippen LogP contribution in [0.15, 0.2) is 179 Å². The molecule has 0 saturated heterocycles. The van der Waals surface area contributed by atoms with Crippen LogP contribution in [-0.2, 0) is 0 Å². The predicted molar refractivity (Wildman–Crippen MR) is 295 cm³/mol. The van der Waals surface area contributed by atoms with Gasteiger partial charge in [-0.05, 0) is 145 Å². The summed E-state index contributed by atoms with van der Waals surface area (Å²) in [5, 5.41) is 12.6. The summed E-state index contributed by atoms with van der Waals surface area (Å²) in [6.07, 6.45) is 12.5. The maximum Gasteiger partial charge on any atom is 0.159 e. The zero-order valence-electron chi connectivity index (χ0n) is 40.1. The minimum Gasteiger partial charge on any atom is -0.454 e. The van der Waals surface area contributed by atoms with Gasteiger partial charge >= 0.3 is 0 Å². The first kappa shape index (κ1) is 41.4.